The molecule has 2 heterocycles. The third-order valence-electron chi connectivity index (χ3n) is 3.86. The van der Waals surface area contributed by atoms with Crippen molar-refractivity contribution in [3.05, 3.63) is 53.9 Å². The van der Waals surface area contributed by atoms with Crippen LogP contribution in [0.4, 0.5) is 5.69 Å². The van der Waals surface area contributed by atoms with E-state index in [1.807, 2.05) is 6.92 Å². The number of rotatable bonds is 6. The molecule has 0 spiro atoms. The van der Waals surface area contributed by atoms with E-state index in [4.69, 9.17) is 9.47 Å². The van der Waals surface area contributed by atoms with Crippen LogP contribution in [0.2, 0.25) is 0 Å². The number of anilines is 1. The number of ether oxygens (including phenoxy) is 2. The number of hydrogen-bond acceptors (Lipinski definition) is 7. The van der Waals surface area contributed by atoms with Crippen molar-refractivity contribution in [2.45, 2.75) is 20.3 Å². The third kappa shape index (κ3) is 4.14. The zero-order valence-electron chi connectivity index (χ0n) is 15.7. The largest absolute Gasteiger partial charge is 0.480 e. The normalized spacial score (nSPS) is 10.4. The molecule has 1 N–H and O–H groups in total. The Morgan fingerprint density at radius 1 is 1.11 bits per heavy atom. The number of nitrogens with zero attached hydrogens (tertiary/aromatic N) is 4. The Morgan fingerprint density at radius 3 is 2.43 bits per heavy atom. The Labute approximate surface area is 161 Å². The maximum Gasteiger partial charge on any atom is 0.347 e. The van der Waals surface area contributed by atoms with Crippen LogP contribution < -0.4 is 14.8 Å². The van der Waals surface area contributed by atoms with Gasteiger partial charge in [0.25, 0.3) is 0 Å². The van der Waals surface area contributed by atoms with Crippen LogP contribution in [0.3, 0.4) is 0 Å². The number of hydrogen-bond donors (Lipinski definition) is 1. The van der Waals surface area contributed by atoms with E-state index < -0.39 is 5.97 Å². The maximum absolute atomic E-state index is 12.6. The zero-order valence-corrected chi connectivity index (χ0v) is 15.7. The van der Waals surface area contributed by atoms with Gasteiger partial charge >= 0.3 is 5.97 Å². The van der Waals surface area contributed by atoms with Gasteiger partial charge in [0, 0.05) is 18.7 Å². The van der Waals surface area contributed by atoms with Crippen LogP contribution in [-0.4, -0.2) is 39.0 Å². The molecule has 28 heavy (non-hydrogen) atoms. The predicted molar refractivity (Wildman–Crippen MR) is 101 cm³/mol. The van der Waals surface area contributed by atoms with Gasteiger partial charge in [0.2, 0.25) is 11.8 Å². The topological polar surface area (TPSA) is 108 Å². The number of methoxy groups -OCH3 is 1. The van der Waals surface area contributed by atoms with Crippen LogP contribution >= 0.6 is 0 Å². The van der Waals surface area contributed by atoms with Crippen LogP contribution in [0.5, 0.6) is 11.6 Å². The highest BCUT2D eigenvalue weighted by molar-refractivity contribution is 5.92. The number of carbonyl (C=O) groups excluding carboxylic acids is 2. The van der Waals surface area contributed by atoms with Gasteiger partial charge in [-0.05, 0) is 36.8 Å². The van der Waals surface area contributed by atoms with E-state index in [1.165, 1.54) is 20.2 Å². The van der Waals surface area contributed by atoms with Gasteiger partial charge in [-0.25, -0.2) is 9.48 Å². The molecule has 0 saturated carbocycles. The van der Waals surface area contributed by atoms with E-state index >= 15 is 0 Å². The van der Waals surface area contributed by atoms with Gasteiger partial charge in [-0.15, -0.1) is 10.2 Å². The lowest BCUT2D eigenvalue weighted by Gasteiger charge is -2.08. The predicted octanol–water partition coefficient (Wildman–Crippen LogP) is 2.41. The fourth-order valence-electron chi connectivity index (χ4n) is 2.59. The molecule has 3 rings (SSSR count). The molecular formula is C19H19N5O4. The molecule has 0 bridgehead atoms. The lowest BCUT2D eigenvalue weighted by atomic mass is 10.2. The second-order valence-corrected chi connectivity index (χ2v) is 5.80. The Balaban J connectivity index is 1.80. The summed E-state index contributed by atoms with van der Waals surface area (Å²) in [5.74, 6) is 0.508. The highest BCUT2D eigenvalue weighted by atomic mass is 16.5. The molecule has 2 aromatic heterocycles. The number of benzene rings is 1. The molecule has 1 amide bonds. The summed E-state index contributed by atoms with van der Waals surface area (Å²) in [6, 6.07) is 9.89. The molecule has 0 aliphatic carbocycles. The van der Waals surface area contributed by atoms with Gasteiger partial charge in [-0.2, -0.15) is 5.10 Å². The van der Waals surface area contributed by atoms with Crippen LogP contribution in [0, 0.1) is 0 Å². The van der Waals surface area contributed by atoms with Crippen LogP contribution in [0.15, 0.2) is 42.6 Å². The maximum atomic E-state index is 12.6. The molecule has 0 aliphatic heterocycles. The van der Waals surface area contributed by atoms with E-state index in [0.29, 0.717) is 40.8 Å². The summed E-state index contributed by atoms with van der Waals surface area (Å²) in [5.41, 5.74) is 1.61. The second-order valence-electron chi connectivity index (χ2n) is 5.80. The van der Waals surface area contributed by atoms with E-state index in [9.17, 15) is 9.59 Å². The van der Waals surface area contributed by atoms with Crippen molar-refractivity contribution < 1.29 is 19.1 Å². The monoisotopic (exact) mass is 381 g/mol. The fourth-order valence-corrected chi connectivity index (χ4v) is 2.59. The first-order chi connectivity index (χ1) is 13.5. The second kappa shape index (κ2) is 8.30. The Hall–Kier alpha value is -3.75. The molecular weight excluding hydrogens is 362 g/mol. The Bertz CT molecular complexity index is 981. The quantitative estimate of drug-likeness (QED) is 0.516. The van der Waals surface area contributed by atoms with Gasteiger partial charge in [0.05, 0.1) is 19.0 Å². The molecule has 144 valence electrons. The zero-order chi connectivity index (χ0) is 20.1. The summed E-state index contributed by atoms with van der Waals surface area (Å²) in [6.45, 7) is 3.33. The van der Waals surface area contributed by atoms with Crippen LogP contribution in [-0.2, 0) is 11.2 Å². The molecule has 0 saturated heterocycles. The minimum Gasteiger partial charge on any atom is -0.480 e. The molecule has 9 heteroatoms. The summed E-state index contributed by atoms with van der Waals surface area (Å²) in [6.07, 6.45) is 1.98. The van der Waals surface area contributed by atoms with Crippen LogP contribution in [0.25, 0.3) is 5.82 Å². The molecule has 0 atom stereocenters. The van der Waals surface area contributed by atoms with Crippen molar-refractivity contribution in [1.82, 2.24) is 20.0 Å². The van der Waals surface area contributed by atoms with Gasteiger partial charge < -0.3 is 14.8 Å². The Kier molecular flexibility index (Phi) is 5.64. The average molecular weight is 381 g/mol. The summed E-state index contributed by atoms with van der Waals surface area (Å²) in [4.78, 5) is 23.7. The van der Waals surface area contributed by atoms with Crippen molar-refractivity contribution in [3.8, 4) is 17.4 Å². The smallest absolute Gasteiger partial charge is 0.347 e. The minimum atomic E-state index is -0.531. The number of esters is 1. The molecule has 0 fully saturated rings. The van der Waals surface area contributed by atoms with Gasteiger partial charge in [0.15, 0.2) is 5.82 Å². The van der Waals surface area contributed by atoms with E-state index in [-0.39, 0.29) is 5.91 Å². The van der Waals surface area contributed by atoms with E-state index in [0.717, 1.165) is 0 Å². The van der Waals surface area contributed by atoms with Crippen molar-refractivity contribution in [2.75, 3.05) is 12.4 Å². The van der Waals surface area contributed by atoms with Crippen molar-refractivity contribution in [1.29, 1.82) is 0 Å². The molecule has 3 aromatic rings. The summed E-state index contributed by atoms with van der Waals surface area (Å²) in [7, 11) is 1.51. The summed E-state index contributed by atoms with van der Waals surface area (Å²) < 4.78 is 12.0. The lowest BCUT2D eigenvalue weighted by molar-refractivity contribution is -0.114. The van der Waals surface area contributed by atoms with E-state index in [2.05, 4.69) is 20.6 Å². The highest BCUT2D eigenvalue weighted by Crippen LogP contribution is 2.20. The first-order valence-corrected chi connectivity index (χ1v) is 8.56. The molecule has 9 nitrogen and oxygen atoms in total. The number of nitrogens with one attached hydrogen (secondary N) is 1. The van der Waals surface area contributed by atoms with Crippen LogP contribution in [0.1, 0.15) is 29.9 Å². The summed E-state index contributed by atoms with van der Waals surface area (Å²) >= 11 is 0. The molecule has 1 aromatic carbocycles. The standard InChI is InChI=1S/C19H19N5O4/c1-4-16-15(11-20-24(16)17-9-10-18(27-3)23-22-17)19(26)28-14-7-5-13(6-8-14)21-12(2)25/h5-11H,4H2,1-3H3,(H,21,25). The van der Waals surface area contributed by atoms with Crippen molar-refractivity contribution in [2.24, 2.45) is 0 Å². The van der Waals surface area contributed by atoms with Gasteiger partial charge in [-0.3, -0.25) is 4.79 Å². The first kappa shape index (κ1) is 19.0. The van der Waals surface area contributed by atoms with Gasteiger partial charge in [-0.1, -0.05) is 6.92 Å². The van der Waals surface area contributed by atoms with Gasteiger partial charge in [0.1, 0.15) is 11.3 Å². The number of amides is 1. The summed E-state index contributed by atoms with van der Waals surface area (Å²) in [5, 5.41) is 14.9. The lowest BCUT2D eigenvalue weighted by Crippen LogP contribution is -2.12. The average Bonchev–Trinajstić information content (AvgIpc) is 3.13. The Morgan fingerprint density at radius 2 is 1.86 bits per heavy atom. The third-order valence-corrected chi connectivity index (χ3v) is 3.86. The first-order valence-electron chi connectivity index (χ1n) is 8.56. The van der Waals surface area contributed by atoms with Crippen molar-refractivity contribution >= 4 is 17.6 Å². The van der Waals surface area contributed by atoms with Crippen molar-refractivity contribution in [3.63, 3.8) is 0 Å². The highest BCUT2D eigenvalue weighted by Gasteiger charge is 2.20. The number of aromatic nitrogens is 4. The molecule has 0 unspecified atom stereocenters. The molecule has 0 radical (unpaired) electrons. The number of carbonyl (C=O) groups is 2. The SMILES string of the molecule is CCc1c(C(=O)Oc2ccc(NC(C)=O)cc2)cnn1-c1ccc(OC)nn1. The fraction of sp³-hybridized carbons (Fsp3) is 0.211. The molecule has 0 aliphatic rings. The van der Waals surface area contributed by atoms with E-state index in [1.54, 1.807) is 41.1 Å². The minimum absolute atomic E-state index is 0.175.